The Morgan fingerprint density at radius 3 is 2.39 bits per heavy atom. The van der Waals surface area contributed by atoms with Gasteiger partial charge in [-0.2, -0.15) is 4.31 Å². The Morgan fingerprint density at radius 2 is 1.94 bits per heavy atom. The van der Waals surface area contributed by atoms with Crippen molar-refractivity contribution in [3.63, 3.8) is 0 Å². The Labute approximate surface area is 112 Å². The maximum absolute atomic E-state index is 12.5. The Balaban J connectivity index is 2.75. The van der Waals surface area contributed by atoms with Gasteiger partial charge in [-0.25, -0.2) is 8.42 Å². The minimum Gasteiger partial charge on any atom is -0.313 e. The second-order valence-corrected chi connectivity index (χ2v) is 8.81. The highest BCUT2D eigenvalue weighted by Gasteiger charge is 2.35. The highest BCUT2D eigenvalue weighted by molar-refractivity contribution is 7.90. The fraction of sp³-hybridized carbons (Fsp3) is 1.00. The Morgan fingerprint density at radius 1 is 1.28 bits per heavy atom. The van der Waals surface area contributed by atoms with Crippen molar-refractivity contribution in [1.82, 2.24) is 9.62 Å². The summed E-state index contributed by atoms with van der Waals surface area (Å²) in [6, 6.07) is 0.322. The van der Waals surface area contributed by atoms with Gasteiger partial charge in [0.1, 0.15) is 0 Å². The summed E-state index contributed by atoms with van der Waals surface area (Å²) in [5.74, 6) is 0. The monoisotopic (exact) mass is 276 g/mol. The van der Waals surface area contributed by atoms with Gasteiger partial charge in [-0.05, 0) is 46.6 Å². The Bertz CT molecular complexity index is 340. The molecule has 0 radical (unpaired) electrons. The number of piperidine rings is 1. The van der Waals surface area contributed by atoms with E-state index in [1.807, 2.05) is 6.92 Å². The van der Waals surface area contributed by atoms with Crippen molar-refractivity contribution in [3.05, 3.63) is 0 Å². The molecule has 0 aliphatic carbocycles. The number of nitrogens with one attached hydrogen (secondary N) is 1. The minimum atomic E-state index is -3.21. The van der Waals surface area contributed by atoms with E-state index in [4.69, 9.17) is 0 Å². The van der Waals surface area contributed by atoms with Gasteiger partial charge in [0.2, 0.25) is 10.0 Å². The molecule has 1 unspecified atom stereocenters. The molecule has 1 fully saturated rings. The molecule has 108 valence electrons. The third kappa shape index (κ3) is 3.93. The molecule has 1 atom stereocenters. The summed E-state index contributed by atoms with van der Waals surface area (Å²) in [7, 11) is -3.21. The molecule has 0 aromatic carbocycles. The van der Waals surface area contributed by atoms with Crippen molar-refractivity contribution in [2.45, 2.75) is 64.2 Å². The molecule has 1 aliphatic rings. The van der Waals surface area contributed by atoms with Crippen LogP contribution in [0.3, 0.4) is 0 Å². The zero-order chi connectivity index (χ0) is 13.8. The first-order valence-corrected chi connectivity index (χ1v) is 8.46. The van der Waals surface area contributed by atoms with Gasteiger partial charge < -0.3 is 5.32 Å². The van der Waals surface area contributed by atoms with E-state index >= 15 is 0 Å². The summed E-state index contributed by atoms with van der Waals surface area (Å²) >= 11 is 0. The normalized spacial score (nSPS) is 22.4. The van der Waals surface area contributed by atoms with Gasteiger partial charge in [-0.1, -0.05) is 13.3 Å². The van der Waals surface area contributed by atoms with Gasteiger partial charge in [0.05, 0.1) is 4.75 Å². The summed E-state index contributed by atoms with van der Waals surface area (Å²) in [5, 5.41) is 3.43. The number of rotatable bonds is 5. The molecule has 0 bridgehead atoms. The van der Waals surface area contributed by atoms with Gasteiger partial charge in [-0.15, -0.1) is 0 Å². The maximum Gasteiger partial charge on any atom is 0.219 e. The lowest BCUT2D eigenvalue weighted by molar-refractivity contribution is 0.307. The molecule has 1 heterocycles. The second kappa shape index (κ2) is 6.35. The SMILES string of the molecule is CCCN(CC1CCCCN1)S(=O)(=O)C(C)(C)C. The van der Waals surface area contributed by atoms with Crippen LogP contribution in [0.15, 0.2) is 0 Å². The highest BCUT2D eigenvalue weighted by Crippen LogP contribution is 2.22. The molecule has 1 aliphatic heterocycles. The average molecular weight is 276 g/mol. The summed E-state index contributed by atoms with van der Waals surface area (Å²) in [6.45, 7) is 9.61. The fourth-order valence-corrected chi connectivity index (χ4v) is 3.85. The zero-order valence-corrected chi connectivity index (χ0v) is 13.0. The van der Waals surface area contributed by atoms with E-state index in [9.17, 15) is 8.42 Å². The summed E-state index contributed by atoms with van der Waals surface area (Å²) in [5.41, 5.74) is 0. The lowest BCUT2D eigenvalue weighted by Gasteiger charge is -2.34. The summed E-state index contributed by atoms with van der Waals surface area (Å²) in [6.07, 6.45) is 4.35. The maximum atomic E-state index is 12.5. The molecule has 1 saturated heterocycles. The minimum absolute atomic E-state index is 0.322. The van der Waals surface area contributed by atoms with Crippen LogP contribution in [-0.2, 0) is 10.0 Å². The number of sulfonamides is 1. The zero-order valence-electron chi connectivity index (χ0n) is 12.2. The number of nitrogens with zero attached hydrogens (tertiary/aromatic N) is 1. The smallest absolute Gasteiger partial charge is 0.219 e. The number of hydrogen-bond acceptors (Lipinski definition) is 3. The predicted molar refractivity (Wildman–Crippen MR) is 76.2 cm³/mol. The van der Waals surface area contributed by atoms with Crippen LogP contribution in [0.25, 0.3) is 0 Å². The van der Waals surface area contributed by atoms with Crippen LogP contribution in [0, 0.1) is 0 Å². The average Bonchev–Trinajstić information content (AvgIpc) is 2.28. The Hall–Kier alpha value is -0.130. The summed E-state index contributed by atoms with van der Waals surface area (Å²) in [4.78, 5) is 0. The van der Waals surface area contributed by atoms with Crippen molar-refractivity contribution in [2.24, 2.45) is 0 Å². The molecule has 4 nitrogen and oxygen atoms in total. The topological polar surface area (TPSA) is 49.4 Å². The van der Waals surface area contributed by atoms with E-state index in [2.05, 4.69) is 5.32 Å². The van der Waals surface area contributed by atoms with Crippen molar-refractivity contribution in [1.29, 1.82) is 0 Å². The molecule has 0 amide bonds. The van der Waals surface area contributed by atoms with Crippen LogP contribution in [0.4, 0.5) is 0 Å². The Kier molecular flexibility index (Phi) is 5.62. The van der Waals surface area contributed by atoms with E-state index in [-0.39, 0.29) is 0 Å². The molecule has 0 aromatic heterocycles. The molecule has 5 heteroatoms. The first-order valence-electron chi connectivity index (χ1n) is 7.02. The van der Waals surface area contributed by atoms with E-state index in [0.29, 0.717) is 19.1 Å². The lowest BCUT2D eigenvalue weighted by atomic mass is 10.1. The first-order chi connectivity index (χ1) is 8.29. The van der Waals surface area contributed by atoms with Crippen LogP contribution in [0.5, 0.6) is 0 Å². The summed E-state index contributed by atoms with van der Waals surface area (Å²) < 4.78 is 26.0. The highest BCUT2D eigenvalue weighted by atomic mass is 32.2. The van der Waals surface area contributed by atoms with Crippen molar-refractivity contribution >= 4 is 10.0 Å². The molecular formula is C13H28N2O2S. The predicted octanol–water partition coefficient (Wildman–Crippen LogP) is 1.97. The quantitative estimate of drug-likeness (QED) is 0.835. The van der Waals surface area contributed by atoms with Crippen molar-refractivity contribution < 1.29 is 8.42 Å². The van der Waals surface area contributed by atoms with Crippen LogP contribution in [0.1, 0.15) is 53.4 Å². The van der Waals surface area contributed by atoms with Gasteiger partial charge in [0.15, 0.2) is 0 Å². The van der Waals surface area contributed by atoms with Crippen LogP contribution >= 0.6 is 0 Å². The van der Waals surface area contributed by atoms with Gasteiger partial charge >= 0.3 is 0 Å². The molecule has 1 rings (SSSR count). The lowest BCUT2D eigenvalue weighted by Crippen LogP contribution is -2.50. The largest absolute Gasteiger partial charge is 0.313 e. The van der Waals surface area contributed by atoms with Crippen molar-refractivity contribution in [2.75, 3.05) is 19.6 Å². The van der Waals surface area contributed by atoms with Crippen molar-refractivity contribution in [3.8, 4) is 0 Å². The molecular weight excluding hydrogens is 248 g/mol. The van der Waals surface area contributed by atoms with E-state index in [1.165, 1.54) is 12.8 Å². The van der Waals surface area contributed by atoms with E-state index < -0.39 is 14.8 Å². The van der Waals surface area contributed by atoms with E-state index in [0.717, 1.165) is 19.4 Å². The van der Waals surface area contributed by atoms with E-state index in [1.54, 1.807) is 25.1 Å². The third-order valence-corrected chi connectivity index (χ3v) is 5.98. The van der Waals surface area contributed by atoms with Crippen LogP contribution in [0.2, 0.25) is 0 Å². The molecule has 0 aromatic rings. The molecule has 1 N–H and O–H groups in total. The fourth-order valence-electron chi connectivity index (χ4n) is 2.27. The molecule has 18 heavy (non-hydrogen) atoms. The van der Waals surface area contributed by atoms with Crippen LogP contribution < -0.4 is 5.32 Å². The molecule has 0 saturated carbocycles. The van der Waals surface area contributed by atoms with Gasteiger partial charge in [-0.3, -0.25) is 0 Å². The first kappa shape index (κ1) is 15.9. The standard InChI is InChI=1S/C13H28N2O2S/c1-5-10-15(18(16,17)13(2,3)4)11-12-8-6-7-9-14-12/h12,14H,5-11H2,1-4H3. The molecule has 0 spiro atoms. The van der Waals surface area contributed by atoms with Crippen LogP contribution in [-0.4, -0.2) is 43.1 Å². The number of hydrogen-bond donors (Lipinski definition) is 1. The van der Waals surface area contributed by atoms with Gasteiger partial charge in [0, 0.05) is 19.1 Å². The third-order valence-electron chi connectivity index (χ3n) is 3.42. The van der Waals surface area contributed by atoms with Gasteiger partial charge in [0.25, 0.3) is 0 Å². The second-order valence-electron chi connectivity index (χ2n) is 6.12.